The monoisotopic (exact) mass is 349 g/mol. The Morgan fingerprint density at radius 3 is 2.42 bits per heavy atom. The number of carbonyl (C=O) groups is 2. The SMILES string of the molecule is CC(C)c1c(C(=O)Nc2ccc(C(N)=O)cc2)cnn1-c1ccccn1. The van der Waals surface area contributed by atoms with E-state index >= 15 is 0 Å². The number of nitrogens with zero attached hydrogens (tertiary/aromatic N) is 3. The van der Waals surface area contributed by atoms with Crippen molar-refractivity contribution in [3.63, 3.8) is 0 Å². The summed E-state index contributed by atoms with van der Waals surface area (Å²) in [5.74, 6) is -0.0668. The molecular weight excluding hydrogens is 330 g/mol. The third kappa shape index (κ3) is 3.46. The van der Waals surface area contributed by atoms with Gasteiger partial charge in [-0.05, 0) is 42.3 Å². The molecule has 7 nitrogen and oxygen atoms in total. The van der Waals surface area contributed by atoms with Crippen LogP contribution < -0.4 is 11.1 Å². The Balaban J connectivity index is 1.90. The first-order chi connectivity index (χ1) is 12.5. The molecule has 0 aliphatic carbocycles. The minimum atomic E-state index is -0.512. The molecule has 0 aliphatic rings. The molecule has 3 N–H and O–H groups in total. The van der Waals surface area contributed by atoms with Gasteiger partial charge in [-0.15, -0.1) is 0 Å². The van der Waals surface area contributed by atoms with Crippen molar-refractivity contribution in [1.29, 1.82) is 0 Å². The molecule has 2 amide bonds. The van der Waals surface area contributed by atoms with Crippen molar-refractivity contribution in [2.75, 3.05) is 5.32 Å². The average Bonchev–Trinajstić information content (AvgIpc) is 3.08. The van der Waals surface area contributed by atoms with Crippen LogP contribution in [0.3, 0.4) is 0 Å². The number of nitrogens with one attached hydrogen (secondary N) is 1. The lowest BCUT2D eigenvalue weighted by atomic mass is 10.1. The second kappa shape index (κ2) is 7.18. The van der Waals surface area contributed by atoms with E-state index in [-0.39, 0.29) is 11.8 Å². The third-order valence-corrected chi connectivity index (χ3v) is 3.89. The molecule has 0 saturated heterocycles. The molecule has 0 bridgehead atoms. The van der Waals surface area contributed by atoms with Crippen LogP contribution in [-0.4, -0.2) is 26.6 Å². The highest BCUT2D eigenvalue weighted by Crippen LogP contribution is 2.23. The number of aromatic nitrogens is 3. The van der Waals surface area contributed by atoms with Crippen LogP contribution in [0.2, 0.25) is 0 Å². The lowest BCUT2D eigenvalue weighted by molar-refractivity contribution is 0.0998. The fourth-order valence-electron chi connectivity index (χ4n) is 2.67. The van der Waals surface area contributed by atoms with Gasteiger partial charge in [0.25, 0.3) is 5.91 Å². The summed E-state index contributed by atoms with van der Waals surface area (Å²) in [6, 6.07) is 11.9. The summed E-state index contributed by atoms with van der Waals surface area (Å²) in [4.78, 5) is 28.2. The van der Waals surface area contributed by atoms with E-state index in [0.717, 1.165) is 5.69 Å². The Bertz CT molecular complexity index is 930. The van der Waals surface area contributed by atoms with Gasteiger partial charge >= 0.3 is 0 Å². The average molecular weight is 349 g/mol. The second-order valence-electron chi connectivity index (χ2n) is 6.09. The molecule has 0 radical (unpaired) electrons. The highest BCUT2D eigenvalue weighted by atomic mass is 16.2. The van der Waals surface area contributed by atoms with Crippen LogP contribution in [0.5, 0.6) is 0 Å². The Labute approximate surface area is 150 Å². The molecular formula is C19H19N5O2. The van der Waals surface area contributed by atoms with Crippen LogP contribution in [0.25, 0.3) is 5.82 Å². The topological polar surface area (TPSA) is 103 Å². The molecule has 0 atom stereocenters. The Kier molecular flexibility index (Phi) is 4.79. The third-order valence-electron chi connectivity index (χ3n) is 3.89. The van der Waals surface area contributed by atoms with Crippen molar-refractivity contribution >= 4 is 17.5 Å². The van der Waals surface area contributed by atoms with Crippen LogP contribution in [-0.2, 0) is 0 Å². The highest BCUT2D eigenvalue weighted by Gasteiger charge is 2.21. The van der Waals surface area contributed by atoms with Crippen LogP contribution in [0, 0.1) is 0 Å². The number of primary amides is 1. The van der Waals surface area contributed by atoms with E-state index in [2.05, 4.69) is 15.4 Å². The predicted molar refractivity (Wildman–Crippen MR) is 98.4 cm³/mol. The molecule has 26 heavy (non-hydrogen) atoms. The summed E-state index contributed by atoms with van der Waals surface area (Å²) in [5.41, 5.74) is 7.43. The number of hydrogen-bond donors (Lipinski definition) is 2. The van der Waals surface area contributed by atoms with Gasteiger partial charge in [-0.2, -0.15) is 5.10 Å². The minimum Gasteiger partial charge on any atom is -0.366 e. The standard InChI is InChI=1S/C19H19N5O2/c1-12(2)17-15(11-22-24(17)16-5-3-4-10-21-16)19(26)23-14-8-6-13(7-9-14)18(20)25/h3-12H,1-2H3,(H2,20,25)(H,23,26). The maximum atomic E-state index is 12.7. The van der Waals surface area contributed by atoms with E-state index in [4.69, 9.17) is 5.73 Å². The zero-order valence-corrected chi connectivity index (χ0v) is 14.5. The van der Waals surface area contributed by atoms with Crippen molar-refractivity contribution in [1.82, 2.24) is 14.8 Å². The number of benzene rings is 1. The number of anilines is 1. The van der Waals surface area contributed by atoms with Crippen LogP contribution in [0.4, 0.5) is 5.69 Å². The molecule has 0 unspecified atom stereocenters. The summed E-state index contributed by atoms with van der Waals surface area (Å²) in [6.07, 6.45) is 3.22. The summed E-state index contributed by atoms with van der Waals surface area (Å²) in [5, 5.41) is 7.16. The fraction of sp³-hybridized carbons (Fsp3) is 0.158. The van der Waals surface area contributed by atoms with Crippen molar-refractivity contribution in [2.24, 2.45) is 5.73 Å². The van der Waals surface area contributed by atoms with Crippen molar-refractivity contribution in [3.05, 3.63) is 71.7 Å². The Morgan fingerprint density at radius 1 is 1.12 bits per heavy atom. The largest absolute Gasteiger partial charge is 0.366 e. The first kappa shape index (κ1) is 17.3. The zero-order valence-electron chi connectivity index (χ0n) is 14.5. The Hall–Kier alpha value is -3.48. The van der Waals surface area contributed by atoms with Gasteiger partial charge in [0.1, 0.15) is 0 Å². The van der Waals surface area contributed by atoms with Gasteiger partial charge in [-0.3, -0.25) is 9.59 Å². The summed E-state index contributed by atoms with van der Waals surface area (Å²) in [7, 11) is 0. The van der Waals surface area contributed by atoms with E-state index in [9.17, 15) is 9.59 Å². The molecule has 2 aromatic heterocycles. The molecule has 0 spiro atoms. The van der Waals surface area contributed by atoms with Gasteiger partial charge in [0.15, 0.2) is 5.82 Å². The normalized spacial score (nSPS) is 10.7. The second-order valence-corrected chi connectivity index (χ2v) is 6.09. The molecule has 3 rings (SSSR count). The molecule has 132 valence electrons. The quantitative estimate of drug-likeness (QED) is 0.739. The first-order valence-electron chi connectivity index (χ1n) is 8.18. The molecule has 0 saturated carbocycles. The molecule has 7 heteroatoms. The van der Waals surface area contributed by atoms with E-state index in [1.807, 2.05) is 32.0 Å². The number of amides is 2. The molecule has 0 fully saturated rings. The maximum Gasteiger partial charge on any atom is 0.259 e. The van der Waals surface area contributed by atoms with Gasteiger partial charge in [-0.1, -0.05) is 19.9 Å². The maximum absolute atomic E-state index is 12.7. The van der Waals surface area contributed by atoms with Gasteiger partial charge in [0, 0.05) is 17.4 Å². The van der Waals surface area contributed by atoms with Crippen molar-refractivity contribution in [2.45, 2.75) is 19.8 Å². The minimum absolute atomic E-state index is 0.0671. The number of nitrogens with two attached hydrogens (primary N) is 1. The van der Waals surface area contributed by atoms with Gasteiger partial charge in [0.2, 0.25) is 5.91 Å². The fourth-order valence-corrected chi connectivity index (χ4v) is 2.67. The summed E-state index contributed by atoms with van der Waals surface area (Å²) < 4.78 is 1.68. The first-order valence-corrected chi connectivity index (χ1v) is 8.18. The predicted octanol–water partition coefficient (Wildman–Crippen LogP) is 2.74. The lowest BCUT2D eigenvalue weighted by Gasteiger charge is -2.12. The number of carbonyl (C=O) groups excluding carboxylic acids is 2. The van der Waals surface area contributed by atoms with Crippen molar-refractivity contribution < 1.29 is 9.59 Å². The lowest BCUT2D eigenvalue weighted by Crippen LogP contribution is -2.16. The highest BCUT2D eigenvalue weighted by molar-refractivity contribution is 6.05. The summed E-state index contributed by atoms with van der Waals surface area (Å²) >= 11 is 0. The van der Waals surface area contributed by atoms with E-state index in [1.165, 1.54) is 6.20 Å². The number of rotatable bonds is 5. The van der Waals surface area contributed by atoms with E-state index < -0.39 is 5.91 Å². The van der Waals surface area contributed by atoms with Gasteiger partial charge in [-0.25, -0.2) is 9.67 Å². The van der Waals surface area contributed by atoms with Gasteiger partial charge in [0.05, 0.1) is 17.5 Å². The number of hydrogen-bond acceptors (Lipinski definition) is 4. The van der Waals surface area contributed by atoms with E-state index in [0.29, 0.717) is 22.6 Å². The Morgan fingerprint density at radius 2 is 1.85 bits per heavy atom. The molecule has 2 heterocycles. The smallest absolute Gasteiger partial charge is 0.259 e. The van der Waals surface area contributed by atoms with Crippen LogP contribution >= 0.6 is 0 Å². The zero-order chi connectivity index (χ0) is 18.7. The van der Waals surface area contributed by atoms with Crippen LogP contribution in [0.1, 0.15) is 46.2 Å². The van der Waals surface area contributed by atoms with Crippen molar-refractivity contribution in [3.8, 4) is 5.82 Å². The molecule has 1 aromatic carbocycles. The number of pyridine rings is 1. The van der Waals surface area contributed by atoms with Crippen LogP contribution in [0.15, 0.2) is 54.9 Å². The summed E-state index contributed by atoms with van der Waals surface area (Å²) in [6.45, 7) is 3.99. The molecule has 3 aromatic rings. The van der Waals surface area contributed by atoms with E-state index in [1.54, 1.807) is 35.1 Å². The molecule has 0 aliphatic heterocycles. The van der Waals surface area contributed by atoms with Gasteiger partial charge < -0.3 is 11.1 Å².